The predicted octanol–water partition coefficient (Wildman–Crippen LogP) is 3.06. The van der Waals surface area contributed by atoms with Gasteiger partial charge in [-0.3, -0.25) is 33.6 Å². The van der Waals surface area contributed by atoms with E-state index in [0.29, 0.717) is 12.8 Å². The monoisotopic (exact) mass is 621 g/mol. The van der Waals surface area contributed by atoms with Crippen molar-refractivity contribution in [2.45, 2.75) is 123 Å². The standard InChI is InChI=1S/C28H44ClNO12/c1-18(31)38-17-24(40-20(3)33)28(42-22(5)35)27(41-21(4)34)23(39-19(2)32)16-30-26(37)15-13-11-9-7-6-8-10-12-14-25(29)36/h23-24,27-28H,6-17H2,1-5H3,(H,30,37)/t23-,24-,27-,28-/m1/s1. The van der Waals surface area contributed by atoms with Crippen molar-refractivity contribution in [2.24, 2.45) is 0 Å². The number of hydrogen-bond acceptors (Lipinski definition) is 12. The number of hydrogen-bond donors (Lipinski definition) is 1. The first-order chi connectivity index (χ1) is 19.7. The van der Waals surface area contributed by atoms with Crippen molar-refractivity contribution in [2.75, 3.05) is 13.2 Å². The van der Waals surface area contributed by atoms with Crippen LogP contribution in [-0.4, -0.2) is 78.6 Å². The maximum absolute atomic E-state index is 12.5. The summed E-state index contributed by atoms with van der Waals surface area (Å²) in [7, 11) is 0. The van der Waals surface area contributed by atoms with Crippen molar-refractivity contribution < 1.29 is 57.2 Å². The Morgan fingerprint density at radius 1 is 0.548 bits per heavy atom. The summed E-state index contributed by atoms with van der Waals surface area (Å²) in [5.41, 5.74) is 0. The summed E-state index contributed by atoms with van der Waals surface area (Å²) >= 11 is 5.32. The molecule has 1 N–H and O–H groups in total. The van der Waals surface area contributed by atoms with Gasteiger partial charge in [0.1, 0.15) is 6.61 Å². The van der Waals surface area contributed by atoms with Crippen LogP contribution in [0.4, 0.5) is 0 Å². The minimum absolute atomic E-state index is 0.193. The quantitative estimate of drug-likeness (QED) is 0.0809. The van der Waals surface area contributed by atoms with Crippen molar-refractivity contribution in [3.05, 3.63) is 0 Å². The predicted molar refractivity (Wildman–Crippen MR) is 149 cm³/mol. The fourth-order valence-electron chi connectivity index (χ4n) is 4.05. The Balaban J connectivity index is 5.34. The van der Waals surface area contributed by atoms with Crippen LogP contribution in [0.2, 0.25) is 0 Å². The summed E-state index contributed by atoms with van der Waals surface area (Å²) in [5, 5.41) is 2.32. The Morgan fingerprint density at radius 3 is 1.38 bits per heavy atom. The molecule has 240 valence electrons. The highest BCUT2D eigenvalue weighted by Gasteiger charge is 2.44. The zero-order valence-electron chi connectivity index (χ0n) is 25.1. The van der Waals surface area contributed by atoms with Gasteiger partial charge in [0.2, 0.25) is 11.1 Å². The van der Waals surface area contributed by atoms with E-state index in [-0.39, 0.29) is 24.1 Å². The lowest BCUT2D eigenvalue weighted by Crippen LogP contribution is -2.55. The SMILES string of the molecule is CC(=O)OC[C@@H](OC(C)=O)[C@@H](OC(C)=O)[C@H](OC(C)=O)[C@@H](CNC(=O)CCCCCCCCCCC(=O)Cl)OC(C)=O. The number of rotatable bonds is 22. The van der Waals surface area contributed by atoms with E-state index < -0.39 is 60.9 Å². The molecule has 0 spiro atoms. The number of carbonyl (C=O) groups excluding carboxylic acids is 7. The van der Waals surface area contributed by atoms with Crippen molar-refractivity contribution in [3.8, 4) is 0 Å². The average Bonchev–Trinajstić information content (AvgIpc) is 2.86. The van der Waals surface area contributed by atoms with Gasteiger partial charge in [0.05, 0.1) is 6.54 Å². The number of nitrogens with one attached hydrogen (secondary N) is 1. The van der Waals surface area contributed by atoms with E-state index in [4.69, 9.17) is 35.3 Å². The molecule has 0 unspecified atom stereocenters. The Bertz CT molecular complexity index is 909. The molecule has 0 aromatic rings. The minimum Gasteiger partial charge on any atom is -0.462 e. The average molecular weight is 622 g/mol. The van der Waals surface area contributed by atoms with Crippen LogP contribution in [0, 0.1) is 0 Å². The third-order valence-electron chi connectivity index (χ3n) is 5.77. The second kappa shape index (κ2) is 22.4. The van der Waals surface area contributed by atoms with Crippen LogP contribution in [0.15, 0.2) is 0 Å². The molecular formula is C28H44ClNO12. The molecule has 0 bridgehead atoms. The molecule has 0 rings (SSSR count). The number of amides is 1. The number of esters is 5. The maximum atomic E-state index is 12.5. The molecule has 1 amide bonds. The zero-order chi connectivity index (χ0) is 32.1. The molecule has 4 atom stereocenters. The second-order valence-electron chi connectivity index (χ2n) is 9.73. The van der Waals surface area contributed by atoms with Gasteiger partial charge in [-0.05, 0) is 24.4 Å². The molecule has 0 aliphatic rings. The number of ether oxygens (including phenoxy) is 5. The first-order valence-corrected chi connectivity index (χ1v) is 14.4. The van der Waals surface area contributed by atoms with Crippen molar-refractivity contribution in [3.63, 3.8) is 0 Å². The minimum atomic E-state index is -1.56. The van der Waals surface area contributed by atoms with Gasteiger partial charge in [0.25, 0.3) is 0 Å². The van der Waals surface area contributed by atoms with Crippen molar-refractivity contribution in [1.82, 2.24) is 5.32 Å². The largest absolute Gasteiger partial charge is 0.462 e. The molecule has 0 aromatic heterocycles. The molecule has 0 saturated carbocycles. The first kappa shape index (κ1) is 38.8. The van der Waals surface area contributed by atoms with E-state index in [9.17, 15) is 33.6 Å². The second-order valence-corrected chi connectivity index (χ2v) is 10.2. The Labute approximate surface area is 251 Å². The molecule has 0 fully saturated rings. The lowest BCUT2D eigenvalue weighted by Gasteiger charge is -2.35. The van der Waals surface area contributed by atoms with Crippen molar-refractivity contribution >= 4 is 52.6 Å². The fourth-order valence-corrected chi connectivity index (χ4v) is 4.19. The third-order valence-corrected chi connectivity index (χ3v) is 5.96. The van der Waals surface area contributed by atoms with Crippen LogP contribution in [0.5, 0.6) is 0 Å². The third kappa shape index (κ3) is 20.6. The zero-order valence-corrected chi connectivity index (χ0v) is 25.8. The Hall–Kier alpha value is -3.22. The number of halogens is 1. The molecule has 0 saturated heterocycles. The lowest BCUT2D eigenvalue weighted by atomic mass is 10.0. The van der Waals surface area contributed by atoms with Gasteiger partial charge in [-0.25, -0.2) is 0 Å². The molecule has 0 aliphatic carbocycles. The first-order valence-electron chi connectivity index (χ1n) is 14.0. The summed E-state index contributed by atoms with van der Waals surface area (Å²) in [4.78, 5) is 82.3. The summed E-state index contributed by atoms with van der Waals surface area (Å²) in [5.74, 6) is -4.37. The highest BCUT2D eigenvalue weighted by molar-refractivity contribution is 6.63. The normalized spacial score (nSPS) is 13.5. The van der Waals surface area contributed by atoms with Crippen LogP contribution >= 0.6 is 11.6 Å². The molecular weight excluding hydrogens is 578 g/mol. The van der Waals surface area contributed by atoms with Gasteiger partial charge in [-0.15, -0.1) is 0 Å². The van der Waals surface area contributed by atoms with Gasteiger partial charge >= 0.3 is 29.8 Å². The fraction of sp³-hybridized carbons (Fsp3) is 0.750. The summed E-state index contributed by atoms with van der Waals surface area (Å²) < 4.78 is 26.1. The molecule has 0 radical (unpaired) electrons. The Kier molecular flexibility index (Phi) is 20.7. The Morgan fingerprint density at radius 2 is 0.952 bits per heavy atom. The molecule has 42 heavy (non-hydrogen) atoms. The van der Waals surface area contributed by atoms with Gasteiger partial charge in [-0.1, -0.05) is 38.5 Å². The van der Waals surface area contributed by atoms with Crippen molar-refractivity contribution in [1.29, 1.82) is 0 Å². The smallest absolute Gasteiger partial charge is 0.303 e. The lowest BCUT2D eigenvalue weighted by molar-refractivity contribution is -0.202. The van der Waals surface area contributed by atoms with Crippen LogP contribution in [0.3, 0.4) is 0 Å². The van der Waals surface area contributed by atoms with Crippen LogP contribution < -0.4 is 5.32 Å². The highest BCUT2D eigenvalue weighted by Crippen LogP contribution is 2.20. The molecule has 0 aromatic carbocycles. The van der Waals surface area contributed by atoms with E-state index >= 15 is 0 Å². The molecule has 13 nitrogen and oxygen atoms in total. The van der Waals surface area contributed by atoms with E-state index in [1.165, 1.54) is 0 Å². The van der Waals surface area contributed by atoms with E-state index in [0.717, 1.165) is 79.6 Å². The molecule has 0 heterocycles. The summed E-state index contributed by atoms with van der Waals surface area (Å²) in [6.45, 7) is 4.52. The summed E-state index contributed by atoms with van der Waals surface area (Å²) in [6, 6.07) is 0. The molecule has 14 heteroatoms. The highest BCUT2D eigenvalue weighted by atomic mass is 35.5. The van der Waals surface area contributed by atoms with Gasteiger partial charge < -0.3 is 29.0 Å². The van der Waals surface area contributed by atoms with Gasteiger partial charge in [0.15, 0.2) is 24.4 Å². The van der Waals surface area contributed by atoms with Crippen LogP contribution in [0.1, 0.15) is 98.8 Å². The van der Waals surface area contributed by atoms with E-state index in [1.54, 1.807) is 0 Å². The molecule has 0 aliphatic heterocycles. The maximum Gasteiger partial charge on any atom is 0.303 e. The van der Waals surface area contributed by atoms with Gasteiger partial charge in [-0.2, -0.15) is 0 Å². The summed E-state index contributed by atoms with van der Waals surface area (Å²) in [6.07, 6.45) is 1.84. The number of unbranched alkanes of at least 4 members (excludes halogenated alkanes) is 7. The van der Waals surface area contributed by atoms with Crippen LogP contribution in [-0.2, 0) is 57.2 Å². The van der Waals surface area contributed by atoms with E-state index in [1.807, 2.05) is 0 Å². The van der Waals surface area contributed by atoms with E-state index in [2.05, 4.69) is 5.32 Å². The van der Waals surface area contributed by atoms with Gasteiger partial charge in [0, 0.05) is 47.5 Å². The van der Waals surface area contributed by atoms with Crippen LogP contribution in [0.25, 0.3) is 0 Å². The number of carbonyl (C=O) groups is 7. The topological polar surface area (TPSA) is 178 Å².